The van der Waals surface area contributed by atoms with Gasteiger partial charge >= 0.3 is 5.97 Å². The number of hydrogen-bond donors (Lipinski definition) is 0. The molecular formula is C16H18N2O5S. The lowest BCUT2D eigenvalue weighted by Gasteiger charge is -2.09. The third-order valence-electron chi connectivity index (χ3n) is 4.02. The summed E-state index contributed by atoms with van der Waals surface area (Å²) in [6, 6.07) is 4.91. The fraction of sp³-hybridized carbons (Fsp3) is 0.438. The molecule has 7 nitrogen and oxygen atoms in total. The monoisotopic (exact) mass is 350 g/mol. The van der Waals surface area contributed by atoms with E-state index < -0.39 is 15.8 Å². The Morgan fingerprint density at radius 3 is 2.92 bits per heavy atom. The molecule has 1 aliphatic heterocycles. The maximum atomic E-state index is 12.1. The van der Waals surface area contributed by atoms with E-state index in [-0.39, 0.29) is 36.0 Å². The van der Waals surface area contributed by atoms with Crippen LogP contribution in [0.15, 0.2) is 29.2 Å². The minimum atomic E-state index is -3.01. The Hall–Kier alpha value is -2.22. The number of carbonyl (C=O) groups is 1. The van der Waals surface area contributed by atoms with Crippen molar-refractivity contribution in [1.82, 2.24) is 9.38 Å². The molecule has 2 aromatic heterocycles. The van der Waals surface area contributed by atoms with Gasteiger partial charge in [0.25, 0.3) is 5.56 Å². The van der Waals surface area contributed by atoms with Gasteiger partial charge in [0.2, 0.25) is 0 Å². The number of aromatic nitrogens is 2. The van der Waals surface area contributed by atoms with Gasteiger partial charge in [-0.1, -0.05) is 6.07 Å². The van der Waals surface area contributed by atoms with E-state index in [4.69, 9.17) is 4.74 Å². The van der Waals surface area contributed by atoms with Gasteiger partial charge in [0.05, 0.1) is 17.2 Å². The third kappa shape index (κ3) is 3.81. The summed E-state index contributed by atoms with van der Waals surface area (Å²) in [5, 5.41) is 0. The molecule has 0 aromatic carbocycles. The molecule has 3 heterocycles. The fourth-order valence-electron chi connectivity index (χ4n) is 2.81. The fourth-order valence-corrected chi connectivity index (χ4v) is 4.68. The topological polar surface area (TPSA) is 94.8 Å². The van der Waals surface area contributed by atoms with Crippen molar-refractivity contribution in [2.75, 3.05) is 11.5 Å². The van der Waals surface area contributed by atoms with Crippen LogP contribution >= 0.6 is 0 Å². The number of ether oxygens (including phenoxy) is 1. The van der Waals surface area contributed by atoms with Crippen molar-refractivity contribution in [3.8, 4) is 0 Å². The summed E-state index contributed by atoms with van der Waals surface area (Å²) in [5.41, 5.74) is 1.56. The van der Waals surface area contributed by atoms with Gasteiger partial charge in [0, 0.05) is 18.7 Å². The number of aryl methyl sites for hydroxylation is 1. The molecule has 0 amide bonds. The van der Waals surface area contributed by atoms with E-state index in [0.717, 1.165) is 5.56 Å². The van der Waals surface area contributed by atoms with E-state index in [0.29, 0.717) is 17.8 Å². The van der Waals surface area contributed by atoms with Crippen LogP contribution in [0.25, 0.3) is 5.65 Å². The normalized spacial score (nSPS) is 19.5. The molecule has 0 unspecified atom stereocenters. The van der Waals surface area contributed by atoms with Gasteiger partial charge in [0.1, 0.15) is 12.3 Å². The van der Waals surface area contributed by atoms with Gasteiger partial charge in [-0.05, 0) is 30.9 Å². The van der Waals surface area contributed by atoms with Crippen LogP contribution in [0.2, 0.25) is 0 Å². The number of nitrogens with zero attached hydrogens (tertiary/aromatic N) is 2. The number of rotatable bonds is 4. The van der Waals surface area contributed by atoms with Crippen LogP contribution in [-0.4, -0.2) is 35.3 Å². The maximum Gasteiger partial charge on any atom is 0.306 e. The van der Waals surface area contributed by atoms with Crippen molar-refractivity contribution in [3.63, 3.8) is 0 Å². The molecule has 8 heteroatoms. The lowest BCUT2D eigenvalue weighted by Crippen LogP contribution is -2.17. The summed E-state index contributed by atoms with van der Waals surface area (Å²) in [5.74, 6) is -0.478. The summed E-state index contributed by atoms with van der Waals surface area (Å²) in [6.07, 6.45) is 2.26. The molecule has 0 N–H and O–H groups in total. The second-order valence-electron chi connectivity index (χ2n) is 6.15. The van der Waals surface area contributed by atoms with Gasteiger partial charge in [0.15, 0.2) is 9.84 Å². The highest BCUT2D eigenvalue weighted by molar-refractivity contribution is 7.91. The Kier molecular flexibility index (Phi) is 4.40. The van der Waals surface area contributed by atoms with Gasteiger partial charge in [-0.2, -0.15) is 0 Å². The molecule has 1 saturated heterocycles. The summed E-state index contributed by atoms with van der Waals surface area (Å²) < 4.78 is 29.4. The standard InChI is InChI=1S/C16H18N2O5S/c1-11-2-3-14-17-13(7-15(19)18(14)8-11)9-23-16(20)6-12-4-5-24(21,22)10-12/h2-3,7-8,12H,4-6,9-10H2,1H3/t12-/m0/s1. The average molecular weight is 350 g/mol. The van der Waals surface area contributed by atoms with E-state index in [1.807, 2.05) is 13.0 Å². The second-order valence-corrected chi connectivity index (χ2v) is 8.38. The van der Waals surface area contributed by atoms with Crippen molar-refractivity contribution < 1.29 is 17.9 Å². The Balaban J connectivity index is 1.64. The van der Waals surface area contributed by atoms with Gasteiger partial charge in [-0.3, -0.25) is 14.0 Å². The molecule has 1 fully saturated rings. The summed E-state index contributed by atoms with van der Waals surface area (Å²) in [4.78, 5) is 28.2. The number of carbonyl (C=O) groups excluding carboxylic acids is 1. The second kappa shape index (κ2) is 6.35. The summed E-state index contributed by atoms with van der Waals surface area (Å²) >= 11 is 0. The van der Waals surface area contributed by atoms with Crippen LogP contribution in [0.1, 0.15) is 24.1 Å². The zero-order valence-electron chi connectivity index (χ0n) is 13.3. The summed E-state index contributed by atoms with van der Waals surface area (Å²) in [6.45, 7) is 1.78. The molecule has 2 aromatic rings. The predicted octanol–water partition coefficient (Wildman–Crippen LogP) is 0.871. The lowest BCUT2D eigenvalue weighted by atomic mass is 10.1. The minimum Gasteiger partial charge on any atom is -0.459 e. The zero-order chi connectivity index (χ0) is 17.3. The molecular weight excluding hydrogens is 332 g/mol. The molecule has 1 atom stereocenters. The van der Waals surface area contributed by atoms with E-state index in [2.05, 4.69) is 4.98 Å². The molecule has 0 saturated carbocycles. The lowest BCUT2D eigenvalue weighted by molar-refractivity contribution is -0.146. The van der Waals surface area contributed by atoms with E-state index in [9.17, 15) is 18.0 Å². The van der Waals surface area contributed by atoms with Crippen molar-refractivity contribution >= 4 is 21.5 Å². The van der Waals surface area contributed by atoms with Crippen molar-refractivity contribution in [3.05, 3.63) is 46.0 Å². The van der Waals surface area contributed by atoms with Crippen molar-refractivity contribution in [1.29, 1.82) is 0 Å². The van der Waals surface area contributed by atoms with Crippen LogP contribution in [-0.2, 0) is 26.0 Å². The van der Waals surface area contributed by atoms with Crippen LogP contribution in [0, 0.1) is 12.8 Å². The van der Waals surface area contributed by atoms with E-state index >= 15 is 0 Å². The van der Waals surface area contributed by atoms with Gasteiger partial charge in [-0.15, -0.1) is 0 Å². The number of fused-ring (bicyclic) bond motifs is 1. The van der Waals surface area contributed by atoms with Crippen LogP contribution in [0.4, 0.5) is 0 Å². The first-order chi connectivity index (χ1) is 11.3. The van der Waals surface area contributed by atoms with E-state index in [1.54, 1.807) is 12.3 Å². The minimum absolute atomic E-state index is 0.0387. The maximum absolute atomic E-state index is 12.1. The Morgan fingerprint density at radius 1 is 1.42 bits per heavy atom. The van der Waals surface area contributed by atoms with Crippen LogP contribution in [0.5, 0.6) is 0 Å². The van der Waals surface area contributed by atoms with Crippen molar-refractivity contribution in [2.45, 2.75) is 26.4 Å². The number of hydrogen-bond acceptors (Lipinski definition) is 6. The Labute approximate surface area is 139 Å². The molecule has 3 rings (SSSR count). The molecule has 0 radical (unpaired) electrons. The zero-order valence-corrected chi connectivity index (χ0v) is 14.1. The Morgan fingerprint density at radius 2 is 2.21 bits per heavy atom. The quantitative estimate of drug-likeness (QED) is 0.760. The molecule has 128 valence electrons. The first-order valence-corrected chi connectivity index (χ1v) is 9.49. The van der Waals surface area contributed by atoms with Crippen LogP contribution < -0.4 is 5.56 Å². The number of sulfone groups is 1. The van der Waals surface area contributed by atoms with Crippen molar-refractivity contribution in [2.24, 2.45) is 5.92 Å². The summed E-state index contributed by atoms with van der Waals surface area (Å²) in [7, 11) is -3.01. The number of pyridine rings is 1. The SMILES string of the molecule is Cc1ccc2nc(COC(=O)C[C@@H]3CCS(=O)(=O)C3)cc(=O)n2c1. The number of esters is 1. The largest absolute Gasteiger partial charge is 0.459 e. The highest BCUT2D eigenvalue weighted by atomic mass is 32.2. The highest BCUT2D eigenvalue weighted by Gasteiger charge is 2.29. The first-order valence-electron chi connectivity index (χ1n) is 7.67. The highest BCUT2D eigenvalue weighted by Crippen LogP contribution is 2.22. The molecule has 0 aliphatic carbocycles. The van der Waals surface area contributed by atoms with E-state index in [1.165, 1.54) is 10.5 Å². The molecule has 1 aliphatic rings. The molecule has 24 heavy (non-hydrogen) atoms. The molecule has 0 spiro atoms. The van der Waals surface area contributed by atoms with Gasteiger partial charge in [-0.25, -0.2) is 13.4 Å². The average Bonchev–Trinajstić information content (AvgIpc) is 2.85. The van der Waals surface area contributed by atoms with Crippen LogP contribution in [0.3, 0.4) is 0 Å². The van der Waals surface area contributed by atoms with Gasteiger partial charge < -0.3 is 4.74 Å². The molecule has 0 bridgehead atoms. The predicted molar refractivity (Wildman–Crippen MR) is 87.4 cm³/mol. The Bertz CT molecular complexity index is 949. The first kappa shape index (κ1) is 16.6. The smallest absolute Gasteiger partial charge is 0.306 e. The third-order valence-corrected chi connectivity index (χ3v) is 5.86.